The van der Waals surface area contributed by atoms with Crippen LogP contribution < -0.4 is 0 Å². The van der Waals surface area contributed by atoms with Gasteiger partial charge in [-0.05, 0) is 33.1 Å². The normalized spacial score (nSPS) is 36.5. The van der Waals surface area contributed by atoms with Gasteiger partial charge in [-0.1, -0.05) is 20.8 Å². The topological polar surface area (TPSA) is 36.9 Å². The SMILES string of the molecule is CC(C)[C@@H]1OC(C)(C)O[C@H](CCC2(C)OCCO2)[C@H]1C. The highest BCUT2D eigenvalue weighted by atomic mass is 16.7. The highest BCUT2D eigenvalue weighted by molar-refractivity contribution is 4.85. The van der Waals surface area contributed by atoms with Gasteiger partial charge in [0.15, 0.2) is 11.6 Å². The summed E-state index contributed by atoms with van der Waals surface area (Å²) in [5.41, 5.74) is 0. The molecule has 118 valence electrons. The van der Waals surface area contributed by atoms with E-state index in [1.165, 1.54) is 0 Å². The van der Waals surface area contributed by atoms with Crippen molar-refractivity contribution in [1.29, 1.82) is 0 Å². The molecule has 0 aromatic carbocycles. The second-order valence-electron chi connectivity index (χ2n) is 7.11. The fourth-order valence-electron chi connectivity index (χ4n) is 3.32. The maximum atomic E-state index is 6.14. The molecule has 2 fully saturated rings. The van der Waals surface area contributed by atoms with Crippen LogP contribution in [0.25, 0.3) is 0 Å². The number of ether oxygens (including phenoxy) is 4. The molecule has 2 saturated heterocycles. The van der Waals surface area contributed by atoms with Gasteiger partial charge in [0, 0.05) is 12.3 Å². The first-order chi connectivity index (χ1) is 9.22. The van der Waals surface area contributed by atoms with Gasteiger partial charge in [0.25, 0.3) is 0 Å². The summed E-state index contributed by atoms with van der Waals surface area (Å²) in [4.78, 5) is 0. The molecule has 2 heterocycles. The van der Waals surface area contributed by atoms with Crippen LogP contribution in [0, 0.1) is 11.8 Å². The Morgan fingerprint density at radius 2 is 1.65 bits per heavy atom. The van der Waals surface area contributed by atoms with Gasteiger partial charge in [0.05, 0.1) is 25.4 Å². The minimum atomic E-state index is -0.510. The molecule has 0 aromatic heterocycles. The van der Waals surface area contributed by atoms with Gasteiger partial charge in [0.1, 0.15) is 0 Å². The Kier molecular flexibility index (Phi) is 4.80. The van der Waals surface area contributed by atoms with Gasteiger partial charge in [-0.15, -0.1) is 0 Å². The van der Waals surface area contributed by atoms with Gasteiger partial charge in [-0.3, -0.25) is 0 Å². The molecular weight excluding hydrogens is 256 g/mol. The van der Waals surface area contributed by atoms with E-state index in [9.17, 15) is 0 Å². The molecule has 0 N–H and O–H groups in total. The largest absolute Gasteiger partial charge is 0.348 e. The Bertz CT molecular complexity index is 320. The van der Waals surface area contributed by atoms with Crippen LogP contribution in [-0.4, -0.2) is 37.0 Å². The third-order valence-electron chi connectivity index (χ3n) is 4.40. The number of hydrogen-bond acceptors (Lipinski definition) is 4. The summed E-state index contributed by atoms with van der Waals surface area (Å²) in [7, 11) is 0. The summed E-state index contributed by atoms with van der Waals surface area (Å²) in [6, 6.07) is 0. The predicted molar refractivity (Wildman–Crippen MR) is 77.4 cm³/mol. The Morgan fingerprint density at radius 1 is 1.05 bits per heavy atom. The average molecular weight is 286 g/mol. The Labute approximate surface area is 123 Å². The second-order valence-corrected chi connectivity index (χ2v) is 7.11. The molecule has 0 radical (unpaired) electrons. The minimum absolute atomic E-state index is 0.191. The highest BCUT2D eigenvalue weighted by Crippen LogP contribution is 2.37. The highest BCUT2D eigenvalue weighted by Gasteiger charge is 2.43. The quantitative estimate of drug-likeness (QED) is 0.794. The first kappa shape index (κ1) is 16.2. The minimum Gasteiger partial charge on any atom is -0.348 e. The third-order valence-corrected chi connectivity index (χ3v) is 4.40. The predicted octanol–water partition coefficient (Wildman–Crippen LogP) is 3.34. The van der Waals surface area contributed by atoms with Gasteiger partial charge in [-0.2, -0.15) is 0 Å². The van der Waals surface area contributed by atoms with E-state index in [1.807, 2.05) is 20.8 Å². The van der Waals surface area contributed by atoms with E-state index < -0.39 is 11.6 Å². The lowest BCUT2D eigenvalue weighted by Gasteiger charge is -2.47. The maximum absolute atomic E-state index is 6.14. The van der Waals surface area contributed by atoms with E-state index in [0.717, 1.165) is 12.8 Å². The van der Waals surface area contributed by atoms with Gasteiger partial charge in [0.2, 0.25) is 0 Å². The molecular formula is C16H30O4. The molecule has 0 aliphatic carbocycles. The molecule has 0 aromatic rings. The van der Waals surface area contributed by atoms with Crippen molar-refractivity contribution in [1.82, 2.24) is 0 Å². The monoisotopic (exact) mass is 286 g/mol. The molecule has 4 nitrogen and oxygen atoms in total. The molecule has 3 atom stereocenters. The van der Waals surface area contributed by atoms with E-state index in [2.05, 4.69) is 20.8 Å². The van der Waals surface area contributed by atoms with E-state index in [-0.39, 0.29) is 12.2 Å². The van der Waals surface area contributed by atoms with Crippen LogP contribution in [0.2, 0.25) is 0 Å². The van der Waals surface area contributed by atoms with Crippen molar-refractivity contribution in [2.75, 3.05) is 13.2 Å². The standard InChI is InChI=1S/C16H30O4/c1-11(2)14-12(3)13(19-15(4,5)20-14)7-8-16(6)17-9-10-18-16/h11-14H,7-10H2,1-6H3/t12-,13-,14+/m1/s1. The lowest BCUT2D eigenvalue weighted by Crippen LogP contribution is -2.52. The molecule has 2 aliphatic heterocycles. The lowest BCUT2D eigenvalue weighted by molar-refractivity contribution is -0.328. The molecule has 0 amide bonds. The van der Waals surface area contributed by atoms with E-state index in [0.29, 0.717) is 25.0 Å². The first-order valence-corrected chi connectivity index (χ1v) is 7.86. The van der Waals surface area contributed by atoms with Crippen LogP contribution in [0.1, 0.15) is 54.4 Å². The van der Waals surface area contributed by atoms with Crippen LogP contribution in [-0.2, 0) is 18.9 Å². The summed E-state index contributed by atoms with van der Waals surface area (Å²) in [5, 5.41) is 0. The summed E-state index contributed by atoms with van der Waals surface area (Å²) in [6.45, 7) is 14.1. The fourth-order valence-corrected chi connectivity index (χ4v) is 3.32. The van der Waals surface area contributed by atoms with E-state index >= 15 is 0 Å². The van der Waals surface area contributed by atoms with Crippen molar-refractivity contribution in [3.63, 3.8) is 0 Å². The summed E-state index contributed by atoms with van der Waals surface area (Å²) >= 11 is 0. The zero-order chi connectivity index (χ0) is 15.0. The average Bonchev–Trinajstić information content (AvgIpc) is 2.77. The zero-order valence-corrected chi connectivity index (χ0v) is 13.8. The Hall–Kier alpha value is -0.160. The second kappa shape index (κ2) is 5.91. The van der Waals surface area contributed by atoms with Crippen molar-refractivity contribution in [2.45, 2.75) is 78.2 Å². The van der Waals surface area contributed by atoms with Crippen molar-refractivity contribution in [3.05, 3.63) is 0 Å². The third kappa shape index (κ3) is 3.73. The van der Waals surface area contributed by atoms with Crippen molar-refractivity contribution >= 4 is 0 Å². The molecule has 20 heavy (non-hydrogen) atoms. The summed E-state index contributed by atoms with van der Waals surface area (Å²) in [5.74, 6) is -0.0678. The van der Waals surface area contributed by atoms with Gasteiger partial charge in [-0.25, -0.2) is 0 Å². The molecule has 0 spiro atoms. The Morgan fingerprint density at radius 3 is 2.20 bits per heavy atom. The maximum Gasteiger partial charge on any atom is 0.165 e. The fraction of sp³-hybridized carbons (Fsp3) is 1.00. The lowest BCUT2D eigenvalue weighted by atomic mass is 9.86. The zero-order valence-electron chi connectivity index (χ0n) is 13.8. The van der Waals surface area contributed by atoms with E-state index in [1.54, 1.807) is 0 Å². The first-order valence-electron chi connectivity index (χ1n) is 7.86. The number of rotatable bonds is 4. The van der Waals surface area contributed by atoms with Crippen LogP contribution in [0.3, 0.4) is 0 Å². The van der Waals surface area contributed by atoms with Crippen molar-refractivity contribution < 1.29 is 18.9 Å². The van der Waals surface area contributed by atoms with Crippen LogP contribution >= 0.6 is 0 Å². The van der Waals surface area contributed by atoms with Crippen molar-refractivity contribution in [3.8, 4) is 0 Å². The summed E-state index contributed by atoms with van der Waals surface area (Å²) in [6.07, 6.45) is 2.23. The van der Waals surface area contributed by atoms with Crippen molar-refractivity contribution in [2.24, 2.45) is 11.8 Å². The molecule has 2 aliphatic rings. The molecule has 0 unspecified atom stereocenters. The molecule has 4 heteroatoms. The molecule has 0 saturated carbocycles. The van der Waals surface area contributed by atoms with Crippen LogP contribution in [0.15, 0.2) is 0 Å². The summed E-state index contributed by atoms with van der Waals surface area (Å²) < 4.78 is 23.6. The van der Waals surface area contributed by atoms with Gasteiger partial charge >= 0.3 is 0 Å². The Balaban J connectivity index is 1.98. The van der Waals surface area contributed by atoms with Crippen LogP contribution in [0.4, 0.5) is 0 Å². The smallest absolute Gasteiger partial charge is 0.165 e. The van der Waals surface area contributed by atoms with Crippen LogP contribution in [0.5, 0.6) is 0 Å². The van der Waals surface area contributed by atoms with E-state index in [4.69, 9.17) is 18.9 Å². The molecule has 2 rings (SSSR count). The molecule has 0 bridgehead atoms. The van der Waals surface area contributed by atoms with Gasteiger partial charge < -0.3 is 18.9 Å². The number of hydrogen-bond donors (Lipinski definition) is 0.